The van der Waals surface area contributed by atoms with E-state index in [0.29, 0.717) is 11.3 Å². The lowest BCUT2D eigenvalue weighted by Crippen LogP contribution is -2.25. The number of aryl methyl sites for hydroxylation is 1. The van der Waals surface area contributed by atoms with Gasteiger partial charge in [-0.05, 0) is 44.2 Å². The first kappa shape index (κ1) is 18.9. The van der Waals surface area contributed by atoms with E-state index in [2.05, 4.69) is 19.6 Å². The molecule has 0 atom stereocenters. The van der Waals surface area contributed by atoms with Crippen molar-refractivity contribution in [1.82, 2.24) is 14.9 Å². The zero-order chi connectivity index (χ0) is 19.4. The molecule has 0 bridgehead atoms. The fourth-order valence-electron chi connectivity index (χ4n) is 2.85. The number of benzene rings is 2. The van der Waals surface area contributed by atoms with Crippen LogP contribution in [0, 0.1) is 0 Å². The summed E-state index contributed by atoms with van der Waals surface area (Å²) < 4.78 is 27.9. The Kier molecular flexibility index (Phi) is 5.46. The number of amides is 1. The Balaban J connectivity index is 1.75. The molecule has 0 aliphatic carbocycles. The first-order chi connectivity index (χ1) is 12.9. The van der Waals surface area contributed by atoms with Crippen LogP contribution in [0.25, 0.3) is 11.0 Å². The predicted octanol–water partition coefficient (Wildman–Crippen LogP) is 2.75. The van der Waals surface area contributed by atoms with Crippen LogP contribution in [0.3, 0.4) is 0 Å². The van der Waals surface area contributed by atoms with Crippen LogP contribution in [0.15, 0.2) is 48.5 Å². The summed E-state index contributed by atoms with van der Waals surface area (Å²) in [4.78, 5) is 17.1. The van der Waals surface area contributed by atoms with Gasteiger partial charge < -0.3 is 9.88 Å². The highest BCUT2D eigenvalue weighted by molar-refractivity contribution is 7.92. The quantitative estimate of drug-likeness (QED) is 0.653. The molecule has 0 unspecified atom stereocenters. The van der Waals surface area contributed by atoms with Gasteiger partial charge in [0.15, 0.2) is 0 Å². The average Bonchev–Trinajstić information content (AvgIpc) is 3.03. The lowest BCUT2D eigenvalue weighted by atomic mass is 10.2. The minimum atomic E-state index is -3.39. The molecule has 0 fully saturated rings. The van der Waals surface area contributed by atoms with Gasteiger partial charge in [-0.15, -0.1) is 0 Å². The molecule has 1 heterocycles. The first-order valence-corrected chi connectivity index (χ1v) is 10.4. The smallest absolute Gasteiger partial charge is 0.251 e. The summed E-state index contributed by atoms with van der Waals surface area (Å²) in [5.41, 5.74) is 2.66. The minimum absolute atomic E-state index is 0.0311. The summed E-state index contributed by atoms with van der Waals surface area (Å²) >= 11 is 0. The maximum absolute atomic E-state index is 12.5. The zero-order valence-corrected chi connectivity index (χ0v) is 16.1. The maximum Gasteiger partial charge on any atom is 0.251 e. The Morgan fingerprint density at radius 2 is 1.89 bits per heavy atom. The van der Waals surface area contributed by atoms with Gasteiger partial charge in [0.2, 0.25) is 10.0 Å². The van der Waals surface area contributed by atoms with Gasteiger partial charge >= 0.3 is 0 Å². The van der Waals surface area contributed by atoms with Crippen LogP contribution in [-0.4, -0.2) is 29.6 Å². The van der Waals surface area contributed by atoms with Gasteiger partial charge in [0.25, 0.3) is 5.91 Å². The number of imidazole rings is 1. The summed E-state index contributed by atoms with van der Waals surface area (Å²) in [5.74, 6) is 0.452. The number of anilines is 1. The lowest BCUT2D eigenvalue weighted by Gasteiger charge is -2.10. The van der Waals surface area contributed by atoms with E-state index in [1.165, 1.54) is 6.07 Å². The lowest BCUT2D eigenvalue weighted by molar-refractivity contribution is 0.0949. The molecule has 2 N–H and O–H groups in total. The van der Waals surface area contributed by atoms with Crippen LogP contribution >= 0.6 is 0 Å². The highest BCUT2D eigenvalue weighted by atomic mass is 32.2. The van der Waals surface area contributed by atoms with Crippen molar-refractivity contribution in [3.05, 3.63) is 59.9 Å². The van der Waals surface area contributed by atoms with E-state index >= 15 is 0 Å². The molecule has 0 aliphatic heterocycles. The second-order valence-electron chi connectivity index (χ2n) is 6.03. The van der Waals surface area contributed by atoms with Crippen molar-refractivity contribution in [1.29, 1.82) is 0 Å². The number of nitrogens with one attached hydrogen (secondary N) is 2. The predicted molar refractivity (Wildman–Crippen MR) is 106 cm³/mol. The molecule has 0 radical (unpaired) electrons. The summed E-state index contributed by atoms with van der Waals surface area (Å²) in [7, 11) is -3.39. The van der Waals surface area contributed by atoms with Gasteiger partial charge in [-0.25, -0.2) is 13.4 Å². The largest absolute Gasteiger partial charge is 0.345 e. The number of nitrogens with zero attached hydrogens (tertiary/aromatic N) is 2. The van der Waals surface area contributed by atoms with Crippen molar-refractivity contribution >= 4 is 32.7 Å². The molecular formula is C19H22N4O3S. The number of aromatic nitrogens is 2. The van der Waals surface area contributed by atoms with Gasteiger partial charge in [0, 0.05) is 17.8 Å². The SMILES string of the molecule is CCn1c(CNC(=O)c2cccc(NS(=O)(=O)CC)c2)nc2ccccc21. The first-order valence-electron chi connectivity index (χ1n) is 8.76. The normalized spacial score (nSPS) is 11.5. The molecule has 0 saturated carbocycles. The molecular weight excluding hydrogens is 364 g/mol. The molecule has 0 aliphatic rings. The van der Waals surface area contributed by atoms with Crippen LogP contribution in [0.1, 0.15) is 30.0 Å². The number of sulfonamides is 1. The fourth-order valence-corrected chi connectivity index (χ4v) is 3.48. The Bertz CT molecular complexity index is 1070. The molecule has 27 heavy (non-hydrogen) atoms. The van der Waals surface area contributed by atoms with Gasteiger partial charge in [0.05, 0.1) is 23.3 Å². The van der Waals surface area contributed by atoms with Crippen molar-refractivity contribution in [2.45, 2.75) is 26.9 Å². The molecule has 142 valence electrons. The second kappa shape index (κ2) is 7.79. The number of hydrogen-bond acceptors (Lipinski definition) is 4. The Labute approximate surface area is 158 Å². The van der Waals surface area contributed by atoms with Crippen molar-refractivity contribution in [2.75, 3.05) is 10.5 Å². The summed E-state index contributed by atoms with van der Waals surface area (Å²) in [6.07, 6.45) is 0. The molecule has 3 aromatic rings. The Morgan fingerprint density at radius 1 is 1.11 bits per heavy atom. The Hall–Kier alpha value is -2.87. The average molecular weight is 386 g/mol. The molecule has 1 amide bonds. The van der Waals surface area contributed by atoms with E-state index in [4.69, 9.17) is 0 Å². The van der Waals surface area contributed by atoms with E-state index in [1.54, 1.807) is 25.1 Å². The molecule has 3 rings (SSSR count). The molecule has 0 saturated heterocycles. The van der Waals surface area contributed by atoms with Crippen molar-refractivity contribution < 1.29 is 13.2 Å². The van der Waals surface area contributed by atoms with Crippen molar-refractivity contribution in [2.24, 2.45) is 0 Å². The Morgan fingerprint density at radius 3 is 2.63 bits per heavy atom. The van der Waals surface area contributed by atoms with Crippen LogP contribution in [-0.2, 0) is 23.1 Å². The van der Waals surface area contributed by atoms with Gasteiger partial charge in [-0.2, -0.15) is 0 Å². The van der Waals surface area contributed by atoms with Gasteiger partial charge in [0.1, 0.15) is 5.82 Å². The molecule has 1 aromatic heterocycles. The standard InChI is InChI=1S/C19H22N4O3S/c1-3-23-17-11-6-5-10-16(17)21-18(23)13-20-19(24)14-8-7-9-15(12-14)22-27(25,26)4-2/h5-12,22H,3-4,13H2,1-2H3,(H,20,24). The highest BCUT2D eigenvalue weighted by Crippen LogP contribution is 2.16. The highest BCUT2D eigenvalue weighted by Gasteiger charge is 2.13. The topological polar surface area (TPSA) is 93.1 Å². The third-order valence-electron chi connectivity index (χ3n) is 4.24. The van der Waals surface area contributed by atoms with Gasteiger partial charge in [-0.3, -0.25) is 9.52 Å². The zero-order valence-electron chi connectivity index (χ0n) is 15.3. The van der Waals surface area contributed by atoms with E-state index < -0.39 is 10.0 Å². The van der Waals surface area contributed by atoms with Crippen LogP contribution in [0.2, 0.25) is 0 Å². The van der Waals surface area contributed by atoms with E-state index in [-0.39, 0.29) is 18.2 Å². The maximum atomic E-state index is 12.5. The number of fused-ring (bicyclic) bond motifs is 1. The number of carbonyl (C=O) groups is 1. The second-order valence-corrected chi connectivity index (χ2v) is 8.04. The fraction of sp³-hybridized carbons (Fsp3) is 0.263. The van der Waals surface area contributed by atoms with Crippen LogP contribution in [0.5, 0.6) is 0 Å². The molecule has 2 aromatic carbocycles. The summed E-state index contributed by atoms with van der Waals surface area (Å²) in [6.45, 7) is 4.62. The number of hydrogen-bond donors (Lipinski definition) is 2. The van der Waals surface area contributed by atoms with E-state index in [1.807, 2.05) is 31.2 Å². The third kappa shape index (κ3) is 4.28. The molecule has 8 heteroatoms. The van der Waals surface area contributed by atoms with Crippen LogP contribution in [0.4, 0.5) is 5.69 Å². The molecule has 0 spiro atoms. The third-order valence-corrected chi connectivity index (χ3v) is 5.54. The van der Waals surface area contributed by atoms with Crippen molar-refractivity contribution in [3.63, 3.8) is 0 Å². The van der Waals surface area contributed by atoms with E-state index in [9.17, 15) is 13.2 Å². The minimum Gasteiger partial charge on any atom is -0.345 e. The van der Waals surface area contributed by atoms with Crippen molar-refractivity contribution in [3.8, 4) is 0 Å². The monoisotopic (exact) mass is 386 g/mol. The van der Waals surface area contributed by atoms with E-state index in [0.717, 1.165) is 23.4 Å². The number of para-hydroxylation sites is 2. The molecule has 7 nitrogen and oxygen atoms in total. The summed E-state index contributed by atoms with van der Waals surface area (Å²) in [5, 5.41) is 2.86. The summed E-state index contributed by atoms with van der Waals surface area (Å²) in [6, 6.07) is 14.2. The van der Waals surface area contributed by atoms with Crippen LogP contribution < -0.4 is 10.0 Å². The number of rotatable bonds is 7. The number of carbonyl (C=O) groups excluding carboxylic acids is 1. The van der Waals surface area contributed by atoms with Gasteiger partial charge in [-0.1, -0.05) is 18.2 Å².